The van der Waals surface area contributed by atoms with Gasteiger partial charge in [-0.1, -0.05) is 30.3 Å². The summed E-state index contributed by atoms with van der Waals surface area (Å²) in [5.74, 6) is 0.717. The van der Waals surface area contributed by atoms with Gasteiger partial charge in [-0.3, -0.25) is 4.90 Å². The molecule has 0 aliphatic carbocycles. The van der Waals surface area contributed by atoms with Crippen LogP contribution in [0.2, 0.25) is 0 Å². The number of aliphatic hydroxyl groups is 1. The molecule has 0 aromatic heterocycles. The van der Waals surface area contributed by atoms with Gasteiger partial charge in [0.2, 0.25) is 0 Å². The first-order valence-electron chi connectivity index (χ1n) is 7.02. The average Bonchev–Trinajstić information content (AvgIpc) is 2.47. The van der Waals surface area contributed by atoms with Gasteiger partial charge in [0.1, 0.15) is 18.5 Å². The van der Waals surface area contributed by atoms with Crippen molar-refractivity contribution in [2.24, 2.45) is 0 Å². The fourth-order valence-corrected chi connectivity index (χ4v) is 2.13. The monoisotopic (exact) mass is 286 g/mol. The summed E-state index contributed by atoms with van der Waals surface area (Å²) in [6.45, 7) is 1.63. The van der Waals surface area contributed by atoms with E-state index in [0.717, 1.165) is 6.54 Å². The van der Waals surface area contributed by atoms with Crippen LogP contribution in [0.4, 0.5) is 5.69 Å². The van der Waals surface area contributed by atoms with E-state index in [2.05, 4.69) is 17.0 Å². The minimum Gasteiger partial charge on any atom is -0.491 e. The van der Waals surface area contributed by atoms with Crippen molar-refractivity contribution in [3.8, 4) is 5.75 Å². The molecular formula is C17H22N2O2. The van der Waals surface area contributed by atoms with E-state index in [1.165, 1.54) is 5.56 Å². The summed E-state index contributed by atoms with van der Waals surface area (Å²) in [7, 11) is 1.99. The lowest BCUT2D eigenvalue weighted by molar-refractivity contribution is 0.0744. The van der Waals surface area contributed by atoms with Gasteiger partial charge in [0.05, 0.1) is 0 Å². The van der Waals surface area contributed by atoms with E-state index < -0.39 is 6.10 Å². The van der Waals surface area contributed by atoms with E-state index in [-0.39, 0.29) is 6.61 Å². The highest BCUT2D eigenvalue weighted by Crippen LogP contribution is 2.13. The highest BCUT2D eigenvalue weighted by molar-refractivity contribution is 5.41. The number of aliphatic hydroxyl groups excluding tert-OH is 1. The largest absolute Gasteiger partial charge is 0.491 e. The second-order valence-electron chi connectivity index (χ2n) is 5.22. The lowest BCUT2D eigenvalue weighted by Crippen LogP contribution is -2.32. The highest BCUT2D eigenvalue weighted by atomic mass is 16.5. The fraction of sp³-hybridized carbons (Fsp3) is 0.294. The van der Waals surface area contributed by atoms with Crippen LogP contribution in [0, 0.1) is 0 Å². The number of nitrogen functional groups attached to an aromatic ring is 1. The minimum absolute atomic E-state index is 0.267. The van der Waals surface area contributed by atoms with Gasteiger partial charge in [0, 0.05) is 18.8 Å². The van der Waals surface area contributed by atoms with E-state index in [1.807, 2.05) is 25.2 Å². The van der Waals surface area contributed by atoms with Gasteiger partial charge in [-0.15, -0.1) is 0 Å². The molecule has 0 heterocycles. The first-order chi connectivity index (χ1) is 10.1. The summed E-state index contributed by atoms with van der Waals surface area (Å²) in [6.07, 6.45) is -0.531. The molecule has 1 unspecified atom stereocenters. The van der Waals surface area contributed by atoms with Crippen LogP contribution in [0.3, 0.4) is 0 Å². The summed E-state index contributed by atoms with van der Waals surface area (Å²) < 4.78 is 5.54. The van der Waals surface area contributed by atoms with Crippen molar-refractivity contribution in [1.29, 1.82) is 0 Å². The normalized spacial score (nSPS) is 12.3. The predicted molar refractivity (Wildman–Crippen MR) is 85.1 cm³/mol. The zero-order valence-corrected chi connectivity index (χ0v) is 12.3. The quantitative estimate of drug-likeness (QED) is 0.766. The Hall–Kier alpha value is -2.04. The van der Waals surface area contributed by atoms with Crippen molar-refractivity contribution in [3.63, 3.8) is 0 Å². The molecule has 4 nitrogen and oxygen atoms in total. The molecular weight excluding hydrogens is 264 g/mol. The van der Waals surface area contributed by atoms with Gasteiger partial charge in [-0.2, -0.15) is 0 Å². The second kappa shape index (κ2) is 7.67. The molecule has 0 bridgehead atoms. The van der Waals surface area contributed by atoms with Crippen LogP contribution in [0.5, 0.6) is 5.75 Å². The van der Waals surface area contributed by atoms with Gasteiger partial charge in [0.15, 0.2) is 0 Å². The molecule has 0 aliphatic rings. The molecule has 2 rings (SSSR count). The molecule has 0 spiro atoms. The summed E-state index contributed by atoms with van der Waals surface area (Å²) in [6, 6.07) is 17.4. The molecule has 0 amide bonds. The number of benzene rings is 2. The number of nitrogens with zero attached hydrogens (tertiary/aromatic N) is 1. The third kappa shape index (κ3) is 5.45. The summed E-state index contributed by atoms with van der Waals surface area (Å²) in [5, 5.41) is 10.0. The highest BCUT2D eigenvalue weighted by Gasteiger charge is 2.09. The van der Waals surface area contributed by atoms with Crippen molar-refractivity contribution < 1.29 is 9.84 Å². The van der Waals surface area contributed by atoms with Crippen LogP contribution >= 0.6 is 0 Å². The molecule has 3 N–H and O–H groups in total. The van der Waals surface area contributed by atoms with Gasteiger partial charge >= 0.3 is 0 Å². The number of hydrogen-bond donors (Lipinski definition) is 2. The number of anilines is 1. The van der Waals surface area contributed by atoms with E-state index in [0.29, 0.717) is 18.0 Å². The minimum atomic E-state index is -0.531. The van der Waals surface area contributed by atoms with Gasteiger partial charge in [-0.25, -0.2) is 0 Å². The lowest BCUT2D eigenvalue weighted by atomic mass is 10.2. The predicted octanol–water partition coefficient (Wildman–Crippen LogP) is 2.14. The van der Waals surface area contributed by atoms with Crippen LogP contribution in [0.25, 0.3) is 0 Å². The zero-order valence-electron chi connectivity index (χ0n) is 12.3. The van der Waals surface area contributed by atoms with Crippen LogP contribution in [0.15, 0.2) is 54.6 Å². The van der Waals surface area contributed by atoms with E-state index in [1.54, 1.807) is 24.3 Å². The number of nitrogens with two attached hydrogens (primary N) is 1. The van der Waals surface area contributed by atoms with Crippen LogP contribution in [-0.4, -0.2) is 36.3 Å². The van der Waals surface area contributed by atoms with Gasteiger partial charge in [-0.05, 0) is 36.9 Å². The molecule has 4 heteroatoms. The zero-order chi connectivity index (χ0) is 15.1. The summed E-state index contributed by atoms with van der Waals surface area (Å²) in [4.78, 5) is 2.08. The van der Waals surface area contributed by atoms with Gasteiger partial charge < -0.3 is 15.6 Å². The second-order valence-corrected chi connectivity index (χ2v) is 5.22. The summed E-state index contributed by atoms with van der Waals surface area (Å²) in [5.41, 5.74) is 7.54. The molecule has 112 valence electrons. The summed E-state index contributed by atoms with van der Waals surface area (Å²) >= 11 is 0. The van der Waals surface area contributed by atoms with E-state index >= 15 is 0 Å². The van der Waals surface area contributed by atoms with E-state index in [4.69, 9.17) is 10.5 Å². The average molecular weight is 286 g/mol. The molecule has 21 heavy (non-hydrogen) atoms. The van der Waals surface area contributed by atoms with Crippen molar-refractivity contribution in [3.05, 3.63) is 60.2 Å². The maximum absolute atomic E-state index is 10.0. The molecule has 1 atom stereocenters. The number of hydrogen-bond acceptors (Lipinski definition) is 4. The maximum Gasteiger partial charge on any atom is 0.119 e. The third-order valence-electron chi connectivity index (χ3n) is 3.14. The standard InChI is InChI=1S/C17H22N2O2/c1-19(11-14-5-3-2-4-6-14)12-16(20)13-21-17-9-7-15(18)8-10-17/h2-10,16,20H,11-13,18H2,1H3. The third-order valence-corrected chi connectivity index (χ3v) is 3.14. The van der Waals surface area contributed by atoms with Gasteiger partial charge in [0.25, 0.3) is 0 Å². The Morgan fingerprint density at radius 3 is 2.43 bits per heavy atom. The number of likely N-dealkylation sites (N-methyl/N-ethyl adjacent to an activating group) is 1. The Labute approximate surface area is 125 Å². The van der Waals surface area contributed by atoms with Crippen molar-refractivity contribution in [2.75, 3.05) is 25.9 Å². The molecule has 2 aromatic carbocycles. The Bertz CT molecular complexity index is 528. The molecule has 0 saturated carbocycles. The Balaban J connectivity index is 1.73. The number of rotatable bonds is 7. The Kier molecular flexibility index (Phi) is 5.60. The maximum atomic E-state index is 10.0. The lowest BCUT2D eigenvalue weighted by Gasteiger charge is -2.20. The smallest absolute Gasteiger partial charge is 0.119 e. The van der Waals surface area contributed by atoms with Crippen molar-refractivity contribution >= 4 is 5.69 Å². The Morgan fingerprint density at radius 2 is 1.76 bits per heavy atom. The van der Waals surface area contributed by atoms with Crippen molar-refractivity contribution in [2.45, 2.75) is 12.6 Å². The van der Waals surface area contributed by atoms with Crippen LogP contribution in [0.1, 0.15) is 5.56 Å². The van der Waals surface area contributed by atoms with Crippen molar-refractivity contribution in [1.82, 2.24) is 4.90 Å². The first kappa shape index (κ1) is 15.4. The number of ether oxygens (including phenoxy) is 1. The van der Waals surface area contributed by atoms with Crippen LogP contribution < -0.4 is 10.5 Å². The molecule has 2 aromatic rings. The van der Waals surface area contributed by atoms with Crippen LogP contribution in [-0.2, 0) is 6.54 Å². The molecule has 0 aliphatic heterocycles. The fourth-order valence-electron chi connectivity index (χ4n) is 2.13. The first-order valence-corrected chi connectivity index (χ1v) is 7.02. The van der Waals surface area contributed by atoms with E-state index in [9.17, 15) is 5.11 Å². The topological polar surface area (TPSA) is 58.7 Å². The Morgan fingerprint density at radius 1 is 1.10 bits per heavy atom. The molecule has 0 saturated heterocycles. The molecule has 0 radical (unpaired) electrons. The molecule has 0 fully saturated rings. The SMILES string of the molecule is CN(Cc1ccccc1)CC(O)COc1ccc(N)cc1.